The fraction of sp³-hybridized carbons (Fsp3) is 0.364. The Morgan fingerprint density at radius 1 is 1.53 bits per heavy atom. The van der Waals surface area contributed by atoms with E-state index in [0.717, 1.165) is 22.1 Å². The Balaban J connectivity index is 2.63. The molecule has 0 saturated heterocycles. The molecule has 0 fully saturated rings. The molecule has 0 radical (unpaired) electrons. The van der Waals surface area contributed by atoms with Gasteiger partial charge in [-0.05, 0) is 37.6 Å². The van der Waals surface area contributed by atoms with Gasteiger partial charge in [-0.2, -0.15) is 0 Å². The molecule has 0 bridgehead atoms. The van der Waals surface area contributed by atoms with Crippen LogP contribution in [0.15, 0.2) is 22.7 Å². The first-order valence-corrected chi connectivity index (χ1v) is 5.69. The summed E-state index contributed by atoms with van der Waals surface area (Å²) in [6.07, 6.45) is 1.20. The Hall–Kier alpha value is -0.870. The molecule has 1 amide bonds. The quantitative estimate of drug-likeness (QED) is 0.883. The number of amides is 1. The van der Waals surface area contributed by atoms with Gasteiger partial charge >= 0.3 is 0 Å². The molecule has 3 N–H and O–H groups in total. The van der Waals surface area contributed by atoms with Crippen LogP contribution in [0.5, 0.6) is 0 Å². The molecule has 3 nitrogen and oxygen atoms in total. The van der Waals surface area contributed by atoms with Crippen molar-refractivity contribution in [2.75, 3.05) is 11.9 Å². The van der Waals surface area contributed by atoms with Crippen molar-refractivity contribution >= 4 is 27.5 Å². The molecule has 0 unspecified atom stereocenters. The third kappa shape index (κ3) is 4.01. The molecule has 0 heterocycles. The minimum Gasteiger partial charge on any atom is -0.330 e. The van der Waals surface area contributed by atoms with Crippen molar-refractivity contribution < 1.29 is 4.79 Å². The summed E-state index contributed by atoms with van der Waals surface area (Å²) in [6.45, 7) is 2.51. The summed E-state index contributed by atoms with van der Waals surface area (Å²) in [5, 5.41) is 2.86. The number of hydrogen-bond donors (Lipinski definition) is 2. The molecular weight excluding hydrogens is 256 g/mol. The van der Waals surface area contributed by atoms with Crippen molar-refractivity contribution in [3.63, 3.8) is 0 Å². The van der Waals surface area contributed by atoms with Crippen LogP contribution in [0.4, 0.5) is 5.69 Å². The van der Waals surface area contributed by atoms with Crippen molar-refractivity contribution in [1.82, 2.24) is 0 Å². The van der Waals surface area contributed by atoms with Gasteiger partial charge in [0.25, 0.3) is 0 Å². The molecule has 4 heteroatoms. The van der Waals surface area contributed by atoms with Crippen LogP contribution in [0.3, 0.4) is 0 Å². The zero-order valence-electron chi connectivity index (χ0n) is 8.72. The highest BCUT2D eigenvalue weighted by molar-refractivity contribution is 9.10. The minimum absolute atomic E-state index is 0.0154. The highest BCUT2D eigenvalue weighted by Crippen LogP contribution is 2.20. The van der Waals surface area contributed by atoms with Gasteiger partial charge in [-0.25, -0.2) is 0 Å². The molecule has 0 spiro atoms. The fourth-order valence-electron chi connectivity index (χ4n) is 1.20. The van der Waals surface area contributed by atoms with E-state index in [-0.39, 0.29) is 5.91 Å². The molecule has 0 aromatic heterocycles. The van der Waals surface area contributed by atoms with Gasteiger partial charge in [-0.15, -0.1) is 0 Å². The summed E-state index contributed by atoms with van der Waals surface area (Å²) < 4.78 is 0.960. The smallest absolute Gasteiger partial charge is 0.224 e. The first-order valence-electron chi connectivity index (χ1n) is 4.89. The lowest BCUT2D eigenvalue weighted by molar-refractivity contribution is -0.116. The van der Waals surface area contributed by atoms with Crippen LogP contribution in [0.1, 0.15) is 18.4 Å². The molecule has 0 atom stereocenters. The molecule has 0 saturated carbocycles. The van der Waals surface area contributed by atoms with Gasteiger partial charge in [0, 0.05) is 16.6 Å². The number of carbonyl (C=O) groups is 1. The molecule has 0 aliphatic heterocycles. The van der Waals surface area contributed by atoms with E-state index in [2.05, 4.69) is 21.2 Å². The Labute approximate surface area is 98.2 Å². The van der Waals surface area contributed by atoms with Gasteiger partial charge in [0.1, 0.15) is 0 Å². The third-order valence-electron chi connectivity index (χ3n) is 2.08. The van der Waals surface area contributed by atoms with Gasteiger partial charge in [0.2, 0.25) is 5.91 Å². The van der Waals surface area contributed by atoms with Crippen molar-refractivity contribution in [2.24, 2.45) is 5.73 Å². The minimum atomic E-state index is 0.0154. The Kier molecular flexibility index (Phi) is 4.78. The lowest BCUT2D eigenvalue weighted by Gasteiger charge is -2.08. The Bertz CT molecular complexity index is 352. The highest BCUT2D eigenvalue weighted by atomic mass is 79.9. The first-order chi connectivity index (χ1) is 7.13. The van der Waals surface area contributed by atoms with Gasteiger partial charge in [0.15, 0.2) is 0 Å². The van der Waals surface area contributed by atoms with Gasteiger partial charge in [-0.3, -0.25) is 4.79 Å². The topological polar surface area (TPSA) is 55.1 Å². The Morgan fingerprint density at radius 2 is 2.27 bits per heavy atom. The van der Waals surface area contributed by atoms with E-state index in [1.807, 2.05) is 25.1 Å². The molecule has 1 rings (SSSR count). The number of carbonyl (C=O) groups excluding carboxylic acids is 1. The summed E-state index contributed by atoms with van der Waals surface area (Å²) >= 11 is 3.37. The van der Waals surface area contributed by atoms with Crippen molar-refractivity contribution in [2.45, 2.75) is 19.8 Å². The van der Waals surface area contributed by atoms with Crippen LogP contribution in [0.25, 0.3) is 0 Å². The van der Waals surface area contributed by atoms with Gasteiger partial charge in [-0.1, -0.05) is 22.0 Å². The second-order valence-electron chi connectivity index (χ2n) is 3.40. The molecule has 0 aliphatic rings. The maximum Gasteiger partial charge on any atom is 0.224 e. The molecule has 82 valence electrons. The monoisotopic (exact) mass is 270 g/mol. The second kappa shape index (κ2) is 5.88. The zero-order valence-corrected chi connectivity index (χ0v) is 10.3. The van der Waals surface area contributed by atoms with Crippen molar-refractivity contribution in [1.29, 1.82) is 0 Å². The number of hydrogen-bond acceptors (Lipinski definition) is 2. The van der Waals surface area contributed by atoms with Crippen LogP contribution < -0.4 is 11.1 Å². The predicted molar refractivity (Wildman–Crippen MR) is 65.8 cm³/mol. The maximum atomic E-state index is 11.5. The van der Waals surface area contributed by atoms with E-state index in [4.69, 9.17) is 5.73 Å². The molecule has 15 heavy (non-hydrogen) atoms. The van der Waals surface area contributed by atoms with Crippen molar-refractivity contribution in [3.05, 3.63) is 28.2 Å². The largest absolute Gasteiger partial charge is 0.330 e. The summed E-state index contributed by atoms with van der Waals surface area (Å²) in [5.74, 6) is 0.0154. The molecule has 1 aromatic rings. The molecule has 0 aliphatic carbocycles. The standard InChI is InChI=1S/C11H15BrN2O/c1-8-4-5-9(12)7-10(8)14-11(15)3-2-6-13/h4-5,7H,2-3,6,13H2,1H3,(H,14,15). The first kappa shape index (κ1) is 12.2. The number of aryl methyl sites for hydroxylation is 1. The average molecular weight is 271 g/mol. The summed E-state index contributed by atoms with van der Waals surface area (Å²) in [7, 11) is 0. The number of nitrogens with two attached hydrogens (primary N) is 1. The van der Waals surface area contributed by atoms with Crippen LogP contribution in [0.2, 0.25) is 0 Å². The number of anilines is 1. The van der Waals surface area contributed by atoms with Crippen LogP contribution >= 0.6 is 15.9 Å². The number of nitrogens with one attached hydrogen (secondary N) is 1. The molecular formula is C11H15BrN2O. The van der Waals surface area contributed by atoms with E-state index in [1.54, 1.807) is 0 Å². The van der Waals surface area contributed by atoms with Crippen LogP contribution in [0, 0.1) is 6.92 Å². The van der Waals surface area contributed by atoms with E-state index in [9.17, 15) is 4.79 Å². The number of benzene rings is 1. The summed E-state index contributed by atoms with van der Waals surface area (Å²) in [6, 6.07) is 5.81. The molecule has 1 aromatic carbocycles. The van der Waals surface area contributed by atoms with E-state index >= 15 is 0 Å². The fourth-order valence-corrected chi connectivity index (χ4v) is 1.57. The normalized spacial score (nSPS) is 10.1. The van der Waals surface area contributed by atoms with Crippen LogP contribution in [-0.2, 0) is 4.79 Å². The van der Waals surface area contributed by atoms with E-state index in [1.165, 1.54) is 0 Å². The van der Waals surface area contributed by atoms with E-state index in [0.29, 0.717) is 13.0 Å². The highest BCUT2D eigenvalue weighted by Gasteiger charge is 2.04. The average Bonchev–Trinajstić information content (AvgIpc) is 2.20. The number of rotatable bonds is 4. The van der Waals surface area contributed by atoms with Gasteiger partial charge in [0.05, 0.1) is 0 Å². The zero-order chi connectivity index (χ0) is 11.3. The van der Waals surface area contributed by atoms with Gasteiger partial charge < -0.3 is 11.1 Å². The Morgan fingerprint density at radius 3 is 2.93 bits per heavy atom. The SMILES string of the molecule is Cc1ccc(Br)cc1NC(=O)CCCN. The summed E-state index contributed by atoms with van der Waals surface area (Å²) in [4.78, 5) is 11.5. The van der Waals surface area contributed by atoms with Crippen LogP contribution in [-0.4, -0.2) is 12.5 Å². The lowest BCUT2D eigenvalue weighted by atomic mass is 10.2. The van der Waals surface area contributed by atoms with Crippen molar-refractivity contribution in [3.8, 4) is 0 Å². The van der Waals surface area contributed by atoms with E-state index < -0.39 is 0 Å². The maximum absolute atomic E-state index is 11.5. The number of halogens is 1. The lowest BCUT2D eigenvalue weighted by Crippen LogP contribution is -2.14. The third-order valence-corrected chi connectivity index (χ3v) is 2.57. The predicted octanol–water partition coefficient (Wildman–Crippen LogP) is 2.43. The second-order valence-corrected chi connectivity index (χ2v) is 4.32. The summed E-state index contributed by atoms with van der Waals surface area (Å²) in [5.41, 5.74) is 7.24.